The summed E-state index contributed by atoms with van der Waals surface area (Å²) in [6.45, 7) is 0. The summed E-state index contributed by atoms with van der Waals surface area (Å²) in [6.07, 6.45) is 0. The Bertz CT molecular complexity index is 669. The van der Waals surface area contributed by atoms with Gasteiger partial charge in [0.15, 0.2) is 16.9 Å². The standard InChI is InChI=1S/C15H12O4S/c1-18-12-8-9(6-7-11(12)16)15-19-14(17)10-4-2-3-5-13(10)20-15/h2-8,15-16H,1H3/t15-/m0/s1. The molecule has 0 spiro atoms. The first kappa shape index (κ1) is 12.9. The molecule has 1 atom stereocenters. The molecule has 1 aliphatic heterocycles. The lowest BCUT2D eigenvalue weighted by molar-refractivity contribution is 0.0439. The van der Waals surface area contributed by atoms with Gasteiger partial charge in [0.25, 0.3) is 0 Å². The number of cyclic esters (lactones) is 1. The Labute approximate surface area is 120 Å². The number of carbonyl (C=O) groups excluding carboxylic acids is 1. The maximum absolute atomic E-state index is 12.0. The third-order valence-electron chi connectivity index (χ3n) is 3.03. The molecule has 0 radical (unpaired) electrons. The number of carbonyl (C=O) groups is 1. The van der Waals surface area contributed by atoms with Crippen molar-refractivity contribution in [3.8, 4) is 11.5 Å². The summed E-state index contributed by atoms with van der Waals surface area (Å²) in [5.74, 6) is 0.0817. The van der Waals surface area contributed by atoms with Crippen molar-refractivity contribution in [2.45, 2.75) is 10.3 Å². The Balaban J connectivity index is 1.95. The SMILES string of the molecule is COc1cc([C@H]2OC(=O)c3ccccc3S2)ccc1O. The second kappa shape index (κ2) is 5.09. The van der Waals surface area contributed by atoms with Crippen molar-refractivity contribution in [1.29, 1.82) is 0 Å². The zero-order valence-electron chi connectivity index (χ0n) is 10.7. The molecular weight excluding hydrogens is 276 g/mol. The minimum atomic E-state index is -0.438. The number of phenolic OH excluding ortho intramolecular Hbond substituents is 1. The van der Waals surface area contributed by atoms with Gasteiger partial charge in [-0.25, -0.2) is 4.79 Å². The predicted octanol–water partition coefficient (Wildman–Crippen LogP) is 3.36. The van der Waals surface area contributed by atoms with E-state index in [1.807, 2.05) is 18.2 Å². The van der Waals surface area contributed by atoms with Crippen LogP contribution >= 0.6 is 11.8 Å². The van der Waals surface area contributed by atoms with Crippen LogP contribution in [0.3, 0.4) is 0 Å². The van der Waals surface area contributed by atoms with Crippen LogP contribution in [-0.2, 0) is 4.74 Å². The van der Waals surface area contributed by atoms with Gasteiger partial charge in [0.2, 0.25) is 0 Å². The Morgan fingerprint density at radius 2 is 2.05 bits per heavy atom. The van der Waals surface area contributed by atoms with Crippen molar-refractivity contribution >= 4 is 17.7 Å². The fourth-order valence-electron chi connectivity index (χ4n) is 2.02. The van der Waals surface area contributed by atoms with Crippen LogP contribution in [0.15, 0.2) is 47.4 Å². The highest BCUT2D eigenvalue weighted by atomic mass is 32.2. The van der Waals surface area contributed by atoms with Crippen LogP contribution in [0.1, 0.15) is 21.4 Å². The molecular formula is C15H12O4S. The van der Waals surface area contributed by atoms with E-state index in [0.29, 0.717) is 11.3 Å². The fraction of sp³-hybridized carbons (Fsp3) is 0.133. The predicted molar refractivity (Wildman–Crippen MR) is 75.1 cm³/mol. The van der Waals surface area contributed by atoms with Gasteiger partial charge in [-0.15, -0.1) is 0 Å². The van der Waals surface area contributed by atoms with E-state index >= 15 is 0 Å². The number of phenols is 1. The van der Waals surface area contributed by atoms with Crippen molar-refractivity contribution < 1.29 is 19.4 Å². The van der Waals surface area contributed by atoms with E-state index in [1.54, 1.807) is 18.2 Å². The minimum Gasteiger partial charge on any atom is -0.504 e. The summed E-state index contributed by atoms with van der Waals surface area (Å²) >= 11 is 1.46. The molecule has 102 valence electrons. The number of benzene rings is 2. The maximum atomic E-state index is 12.0. The van der Waals surface area contributed by atoms with Crippen molar-refractivity contribution in [3.63, 3.8) is 0 Å². The number of aromatic hydroxyl groups is 1. The van der Waals surface area contributed by atoms with E-state index in [2.05, 4.69) is 0 Å². The third-order valence-corrected chi connectivity index (χ3v) is 4.22. The smallest absolute Gasteiger partial charge is 0.340 e. The van der Waals surface area contributed by atoms with Crippen molar-refractivity contribution in [2.75, 3.05) is 7.11 Å². The van der Waals surface area contributed by atoms with Gasteiger partial charge in [-0.2, -0.15) is 0 Å². The van der Waals surface area contributed by atoms with E-state index in [9.17, 15) is 9.90 Å². The molecule has 0 saturated heterocycles. The highest BCUT2D eigenvalue weighted by Gasteiger charge is 2.28. The molecule has 0 unspecified atom stereocenters. The quantitative estimate of drug-likeness (QED) is 0.859. The third kappa shape index (κ3) is 2.20. The lowest BCUT2D eigenvalue weighted by atomic mass is 10.2. The van der Waals surface area contributed by atoms with Gasteiger partial charge in [0.05, 0.1) is 12.7 Å². The average molecular weight is 288 g/mol. The van der Waals surface area contributed by atoms with Crippen LogP contribution in [0.25, 0.3) is 0 Å². The molecule has 0 aromatic heterocycles. The molecule has 2 aromatic carbocycles. The molecule has 0 bridgehead atoms. The number of hydrogen-bond acceptors (Lipinski definition) is 5. The highest BCUT2D eigenvalue weighted by Crippen LogP contribution is 2.44. The summed E-state index contributed by atoms with van der Waals surface area (Å²) in [6, 6.07) is 12.3. The molecule has 1 heterocycles. The lowest BCUT2D eigenvalue weighted by Gasteiger charge is -2.24. The van der Waals surface area contributed by atoms with Crippen LogP contribution in [0, 0.1) is 0 Å². The topological polar surface area (TPSA) is 55.8 Å². The first-order valence-electron chi connectivity index (χ1n) is 6.02. The summed E-state index contributed by atoms with van der Waals surface area (Å²) in [7, 11) is 1.48. The van der Waals surface area contributed by atoms with Crippen LogP contribution in [0.5, 0.6) is 11.5 Å². The van der Waals surface area contributed by atoms with Crippen LogP contribution in [0.2, 0.25) is 0 Å². The zero-order chi connectivity index (χ0) is 14.1. The van der Waals surface area contributed by atoms with Gasteiger partial charge >= 0.3 is 5.97 Å². The first-order chi connectivity index (χ1) is 9.69. The number of esters is 1. The molecule has 0 saturated carbocycles. The fourth-order valence-corrected chi connectivity index (χ4v) is 3.10. The average Bonchev–Trinajstić information content (AvgIpc) is 2.47. The van der Waals surface area contributed by atoms with E-state index < -0.39 is 5.44 Å². The minimum absolute atomic E-state index is 0.0591. The van der Waals surface area contributed by atoms with Gasteiger partial charge < -0.3 is 14.6 Å². The molecule has 2 aromatic rings. The van der Waals surface area contributed by atoms with Crippen LogP contribution in [-0.4, -0.2) is 18.2 Å². The van der Waals surface area contributed by atoms with Crippen molar-refractivity contribution in [3.05, 3.63) is 53.6 Å². The highest BCUT2D eigenvalue weighted by molar-refractivity contribution is 7.99. The second-order valence-corrected chi connectivity index (χ2v) is 5.39. The van der Waals surface area contributed by atoms with Crippen LogP contribution < -0.4 is 4.74 Å². The first-order valence-corrected chi connectivity index (χ1v) is 6.90. The molecule has 4 nitrogen and oxygen atoms in total. The van der Waals surface area contributed by atoms with Gasteiger partial charge in [0, 0.05) is 10.5 Å². The molecule has 0 aliphatic carbocycles. The number of hydrogen-bond donors (Lipinski definition) is 1. The lowest BCUT2D eigenvalue weighted by Crippen LogP contribution is -2.15. The summed E-state index contributed by atoms with van der Waals surface area (Å²) in [5, 5.41) is 9.60. The Morgan fingerprint density at radius 3 is 2.85 bits per heavy atom. The van der Waals surface area contributed by atoms with Gasteiger partial charge in [-0.1, -0.05) is 30.0 Å². The largest absolute Gasteiger partial charge is 0.504 e. The summed E-state index contributed by atoms with van der Waals surface area (Å²) in [4.78, 5) is 12.9. The van der Waals surface area contributed by atoms with E-state index in [0.717, 1.165) is 10.5 Å². The molecule has 1 N–H and O–H groups in total. The summed E-state index contributed by atoms with van der Waals surface area (Å²) < 4.78 is 10.5. The van der Waals surface area contributed by atoms with E-state index in [1.165, 1.54) is 24.9 Å². The monoisotopic (exact) mass is 288 g/mol. The van der Waals surface area contributed by atoms with Gasteiger partial charge in [0.1, 0.15) is 0 Å². The number of ether oxygens (including phenoxy) is 2. The second-order valence-electron chi connectivity index (χ2n) is 4.28. The van der Waals surface area contributed by atoms with E-state index in [-0.39, 0.29) is 11.7 Å². The summed E-state index contributed by atoms with van der Waals surface area (Å²) in [5.41, 5.74) is 0.916. The molecule has 5 heteroatoms. The van der Waals surface area contributed by atoms with Crippen molar-refractivity contribution in [2.24, 2.45) is 0 Å². The molecule has 20 heavy (non-hydrogen) atoms. The maximum Gasteiger partial charge on any atom is 0.340 e. The molecule has 0 fully saturated rings. The van der Waals surface area contributed by atoms with Gasteiger partial charge in [-0.05, 0) is 24.3 Å². The number of fused-ring (bicyclic) bond motifs is 1. The van der Waals surface area contributed by atoms with E-state index in [4.69, 9.17) is 9.47 Å². The number of thioether (sulfide) groups is 1. The normalized spacial score (nSPS) is 17.2. The Morgan fingerprint density at radius 1 is 1.25 bits per heavy atom. The zero-order valence-corrected chi connectivity index (χ0v) is 11.5. The Hall–Kier alpha value is -2.14. The van der Waals surface area contributed by atoms with Crippen molar-refractivity contribution in [1.82, 2.24) is 0 Å². The molecule has 3 rings (SSSR count). The Kier molecular flexibility index (Phi) is 3.28. The number of methoxy groups -OCH3 is 1. The van der Waals surface area contributed by atoms with Gasteiger partial charge in [-0.3, -0.25) is 0 Å². The molecule has 0 amide bonds. The van der Waals surface area contributed by atoms with Crippen LogP contribution in [0.4, 0.5) is 0 Å². The number of rotatable bonds is 2. The molecule has 1 aliphatic rings.